The molecule has 0 aliphatic heterocycles. The Morgan fingerprint density at radius 3 is 2.75 bits per heavy atom. The summed E-state index contributed by atoms with van der Waals surface area (Å²) < 4.78 is 13.7. The summed E-state index contributed by atoms with van der Waals surface area (Å²) in [5.74, 6) is 0.0209. The van der Waals surface area contributed by atoms with E-state index in [0.29, 0.717) is 24.1 Å². The third-order valence-electron chi connectivity index (χ3n) is 2.31. The first-order valence-electron chi connectivity index (χ1n) is 5.44. The van der Waals surface area contributed by atoms with Gasteiger partial charge < -0.3 is 10.2 Å². The number of halogens is 1. The number of hydrogen-bond acceptors (Lipinski definition) is 4. The van der Waals surface area contributed by atoms with Crippen LogP contribution in [-0.4, -0.2) is 36.1 Å². The minimum atomic E-state index is -0.338. The van der Waals surface area contributed by atoms with Crippen molar-refractivity contribution in [3.05, 3.63) is 17.8 Å². The van der Waals surface area contributed by atoms with Crippen LogP contribution in [0.15, 0.2) is 6.33 Å². The van der Waals surface area contributed by atoms with E-state index in [1.165, 1.54) is 6.33 Å². The Hall–Kier alpha value is -1.23. The molecule has 0 saturated heterocycles. The zero-order valence-electron chi connectivity index (χ0n) is 10.3. The number of rotatable bonds is 5. The fourth-order valence-corrected chi connectivity index (χ4v) is 1.34. The lowest BCUT2D eigenvalue weighted by Gasteiger charge is -2.19. The van der Waals surface area contributed by atoms with Crippen LogP contribution in [0.3, 0.4) is 0 Å². The first kappa shape index (κ1) is 12.8. The van der Waals surface area contributed by atoms with Crippen LogP contribution in [0.5, 0.6) is 0 Å². The molecule has 90 valence electrons. The Balaban J connectivity index is 2.59. The molecule has 1 aromatic rings. The zero-order valence-corrected chi connectivity index (χ0v) is 10.3. The summed E-state index contributed by atoms with van der Waals surface area (Å²) in [6.45, 7) is 7.31. The molecule has 1 heterocycles. The van der Waals surface area contributed by atoms with Gasteiger partial charge in [-0.2, -0.15) is 0 Å². The molecule has 16 heavy (non-hydrogen) atoms. The smallest absolute Gasteiger partial charge is 0.186 e. The van der Waals surface area contributed by atoms with Crippen LogP contribution >= 0.6 is 0 Å². The maximum atomic E-state index is 13.7. The molecule has 0 atom stereocenters. The van der Waals surface area contributed by atoms with E-state index in [1.54, 1.807) is 11.8 Å². The molecule has 5 heteroatoms. The first-order chi connectivity index (χ1) is 7.52. The standard InChI is InChI=1S/C11H19FN4/c1-8(2)13-5-6-16(4)11-10(12)9(3)14-7-15-11/h7-8,13H,5-6H2,1-4H3. The number of aryl methyl sites for hydroxylation is 1. The molecule has 0 bridgehead atoms. The van der Waals surface area contributed by atoms with Gasteiger partial charge in [0.05, 0.1) is 5.69 Å². The van der Waals surface area contributed by atoms with E-state index in [1.807, 2.05) is 7.05 Å². The van der Waals surface area contributed by atoms with Crippen LogP contribution in [-0.2, 0) is 0 Å². The monoisotopic (exact) mass is 226 g/mol. The van der Waals surface area contributed by atoms with Gasteiger partial charge >= 0.3 is 0 Å². The summed E-state index contributed by atoms with van der Waals surface area (Å²) in [4.78, 5) is 9.54. The Morgan fingerprint density at radius 1 is 1.44 bits per heavy atom. The van der Waals surface area contributed by atoms with Crippen LogP contribution < -0.4 is 10.2 Å². The van der Waals surface area contributed by atoms with Crippen molar-refractivity contribution >= 4 is 5.82 Å². The third kappa shape index (κ3) is 3.41. The second kappa shape index (κ2) is 5.75. The van der Waals surface area contributed by atoms with Gasteiger partial charge in [-0.25, -0.2) is 14.4 Å². The number of anilines is 1. The molecular formula is C11H19FN4. The largest absolute Gasteiger partial charge is 0.356 e. The molecule has 1 rings (SSSR count). The maximum Gasteiger partial charge on any atom is 0.186 e. The minimum Gasteiger partial charge on any atom is -0.356 e. The molecular weight excluding hydrogens is 207 g/mol. The number of hydrogen-bond donors (Lipinski definition) is 1. The first-order valence-corrected chi connectivity index (χ1v) is 5.44. The highest BCUT2D eigenvalue weighted by atomic mass is 19.1. The number of nitrogens with zero attached hydrogens (tertiary/aromatic N) is 3. The summed E-state index contributed by atoms with van der Waals surface area (Å²) in [6.07, 6.45) is 1.39. The van der Waals surface area contributed by atoms with Gasteiger partial charge in [-0.05, 0) is 6.92 Å². The van der Waals surface area contributed by atoms with Gasteiger partial charge in [0.1, 0.15) is 6.33 Å². The summed E-state index contributed by atoms with van der Waals surface area (Å²) in [6, 6.07) is 0.436. The second-order valence-corrected chi connectivity index (χ2v) is 4.13. The molecule has 0 aromatic carbocycles. The number of nitrogens with one attached hydrogen (secondary N) is 1. The van der Waals surface area contributed by atoms with Crippen molar-refractivity contribution in [1.82, 2.24) is 15.3 Å². The van der Waals surface area contributed by atoms with Crippen molar-refractivity contribution in [3.63, 3.8) is 0 Å². The van der Waals surface area contributed by atoms with Gasteiger partial charge in [0.25, 0.3) is 0 Å². The fraction of sp³-hybridized carbons (Fsp3) is 0.636. The highest BCUT2D eigenvalue weighted by molar-refractivity contribution is 5.39. The molecule has 0 unspecified atom stereocenters. The van der Waals surface area contributed by atoms with Gasteiger partial charge in [-0.1, -0.05) is 13.8 Å². The van der Waals surface area contributed by atoms with Crippen molar-refractivity contribution in [1.29, 1.82) is 0 Å². The molecule has 1 aromatic heterocycles. The van der Waals surface area contributed by atoms with Crippen LogP contribution in [0.1, 0.15) is 19.5 Å². The number of aromatic nitrogens is 2. The zero-order chi connectivity index (χ0) is 12.1. The summed E-state index contributed by atoms with van der Waals surface area (Å²) >= 11 is 0. The normalized spacial score (nSPS) is 10.9. The predicted molar refractivity (Wildman–Crippen MR) is 63.1 cm³/mol. The Kier molecular flexibility index (Phi) is 4.61. The van der Waals surface area contributed by atoms with E-state index in [-0.39, 0.29) is 5.82 Å². The average Bonchev–Trinajstić information content (AvgIpc) is 2.21. The van der Waals surface area contributed by atoms with Crippen LogP contribution in [0, 0.1) is 12.7 Å². The highest BCUT2D eigenvalue weighted by Gasteiger charge is 2.11. The predicted octanol–water partition coefficient (Wildman–Crippen LogP) is 1.36. The summed E-state index contributed by atoms with van der Waals surface area (Å²) in [5.41, 5.74) is 0.383. The molecule has 0 fully saturated rings. The molecule has 0 saturated carbocycles. The van der Waals surface area contributed by atoms with E-state index >= 15 is 0 Å². The van der Waals surface area contributed by atoms with Gasteiger partial charge in [0.2, 0.25) is 0 Å². The van der Waals surface area contributed by atoms with E-state index in [9.17, 15) is 4.39 Å². The maximum absolute atomic E-state index is 13.7. The Labute approximate surface area is 95.9 Å². The molecule has 0 aliphatic carbocycles. The third-order valence-corrected chi connectivity index (χ3v) is 2.31. The molecule has 4 nitrogen and oxygen atoms in total. The Morgan fingerprint density at radius 2 is 2.12 bits per heavy atom. The van der Waals surface area contributed by atoms with E-state index in [0.717, 1.165) is 6.54 Å². The van der Waals surface area contributed by atoms with Crippen molar-refractivity contribution in [2.75, 3.05) is 25.0 Å². The van der Waals surface area contributed by atoms with Crippen molar-refractivity contribution in [3.8, 4) is 0 Å². The molecule has 0 aliphatic rings. The lowest BCUT2D eigenvalue weighted by atomic mass is 10.3. The van der Waals surface area contributed by atoms with Crippen LogP contribution in [0.2, 0.25) is 0 Å². The minimum absolute atomic E-state index is 0.338. The SMILES string of the molecule is Cc1ncnc(N(C)CCNC(C)C)c1F. The van der Waals surface area contributed by atoms with Crippen molar-refractivity contribution < 1.29 is 4.39 Å². The fourth-order valence-electron chi connectivity index (χ4n) is 1.34. The molecule has 1 N–H and O–H groups in total. The van der Waals surface area contributed by atoms with Gasteiger partial charge in [0.15, 0.2) is 11.6 Å². The van der Waals surface area contributed by atoms with Gasteiger partial charge in [0, 0.05) is 26.2 Å². The van der Waals surface area contributed by atoms with Crippen molar-refractivity contribution in [2.45, 2.75) is 26.8 Å². The Bertz CT molecular complexity index is 341. The van der Waals surface area contributed by atoms with Gasteiger partial charge in [-0.3, -0.25) is 0 Å². The highest BCUT2D eigenvalue weighted by Crippen LogP contribution is 2.14. The van der Waals surface area contributed by atoms with E-state index in [2.05, 4.69) is 29.1 Å². The van der Waals surface area contributed by atoms with Gasteiger partial charge in [-0.15, -0.1) is 0 Å². The van der Waals surface area contributed by atoms with Crippen LogP contribution in [0.4, 0.5) is 10.2 Å². The van der Waals surface area contributed by atoms with E-state index in [4.69, 9.17) is 0 Å². The van der Waals surface area contributed by atoms with E-state index < -0.39 is 0 Å². The summed E-state index contributed by atoms with van der Waals surface area (Å²) in [5, 5.41) is 3.27. The lowest BCUT2D eigenvalue weighted by Crippen LogP contribution is -2.33. The molecule has 0 amide bonds. The molecule has 0 spiro atoms. The average molecular weight is 226 g/mol. The van der Waals surface area contributed by atoms with Crippen LogP contribution in [0.25, 0.3) is 0 Å². The second-order valence-electron chi connectivity index (χ2n) is 4.13. The van der Waals surface area contributed by atoms with Crippen molar-refractivity contribution in [2.24, 2.45) is 0 Å². The summed E-state index contributed by atoms with van der Waals surface area (Å²) in [7, 11) is 1.83. The quantitative estimate of drug-likeness (QED) is 0.823. The molecule has 0 radical (unpaired) electrons. The number of likely N-dealkylation sites (N-methyl/N-ethyl adjacent to an activating group) is 1. The topological polar surface area (TPSA) is 41.1 Å². The lowest BCUT2D eigenvalue weighted by molar-refractivity contribution is 0.572.